The van der Waals surface area contributed by atoms with Crippen LogP contribution in [0.1, 0.15) is 11.1 Å². The number of hydrogen-bond donors (Lipinski definition) is 1. The van der Waals surface area contributed by atoms with E-state index in [0.29, 0.717) is 5.75 Å². The maximum atomic E-state index is 12.8. The van der Waals surface area contributed by atoms with Crippen LogP contribution >= 0.6 is 0 Å². The summed E-state index contributed by atoms with van der Waals surface area (Å²) in [6, 6.07) is 11.3. The maximum Gasteiger partial charge on any atom is 0.215 e. The third-order valence-electron chi connectivity index (χ3n) is 3.32. The van der Waals surface area contributed by atoms with Crippen LogP contribution in [0.2, 0.25) is 0 Å². The Kier molecular flexibility index (Phi) is 6.78. The lowest BCUT2D eigenvalue weighted by atomic mass is 10.1. The molecule has 0 aliphatic rings. The van der Waals surface area contributed by atoms with E-state index >= 15 is 0 Å². The van der Waals surface area contributed by atoms with Gasteiger partial charge in [-0.2, -0.15) is 0 Å². The number of benzene rings is 2. The molecule has 1 N–H and O–H groups in total. The van der Waals surface area contributed by atoms with Crippen LogP contribution in [-0.4, -0.2) is 33.9 Å². The van der Waals surface area contributed by atoms with Crippen LogP contribution < -0.4 is 14.2 Å². The van der Waals surface area contributed by atoms with Gasteiger partial charge in [-0.1, -0.05) is 6.07 Å². The molecule has 0 aromatic heterocycles. The molecule has 0 atom stereocenters. The van der Waals surface area contributed by atoms with Crippen LogP contribution in [0.25, 0.3) is 0 Å². The van der Waals surface area contributed by atoms with Gasteiger partial charge in [-0.15, -0.1) is 0 Å². The van der Waals surface area contributed by atoms with Gasteiger partial charge >= 0.3 is 0 Å². The molecular weight excluding hydrogens is 345 g/mol. The summed E-state index contributed by atoms with van der Waals surface area (Å²) in [4.78, 5) is 0. The third kappa shape index (κ3) is 7.11. The summed E-state index contributed by atoms with van der Waals surface area (Å²) < 4.78 is 49.8. The lowest BCUT2D eigenvalue weighted by molar-refractivity contribution is 0.321. The van der Waals surface area contributed by atoms with Crippen LogP contribution in [-0.2, 0) is 10.0 Å². The molecule has 0 aliphatic carbocycles. The van der Waals surface area contributed by atoms with Gasteiger partial charge in [0.2, 0.25) is 10.0 Å². The molecule has 2 aromatic carbocycles. The zero-order valence-electron chi connectivity index (χ0n) is 14.3. The van der Waals surface area contributed by atoms with Crippen LogP contribution in [0.3, 0.4) is 0 Å². The Labute approximate surface area is 147 Å². The van der Waals surface area contributed by atoms with E-state index in [9.17, 15) is 12.8 Å². The zero-order valence-corrected chi connectivity index (χ0v) is 15.1. The van der Waals surface area contributed by atoms with Crippen molar-refractivity contribution in [1.82, 2.24) is 4.72 Å². The molecule has 25 heavy (non-hydrogen) atoms. The van der Waals surface area contributed by atoms with Crippen molar-refractivity contribution in [3.05, 3.63) is 59.4 Å². The van der Waals surface area contributed by atoms with Crippen molar-refractivity contribution in [2.24, 2.45) is 0 Å². The zero-order chi connectivity index (χ0) is 18.3. The molecule has 0 radical (unpaired) electrons. The predicted molar refractivity (Wildman–Crippen MR) is 95.1 cm³/mol. The highest BCUT2D eigenvalue weighted by atomic mass is 32.2. The fraction of sp³-hybridized carbons (Fsp3) is 0.333. The molecule has 0 saturated carbocycles. The predicted octanol–water partition coefficient (Wildman–Crippen LogP) is 2.82. The van der Waals surface area contributed by atoms with Crippen molar-refractivity contribution in [2.75, 3.05) is 25.5 Å². The van der Waals surface area contributed by atoms with E-state index in [2.05, 4.69) is 4.72 Å². The number of halogens is 1. The van der Waals surface area contributed by atoms with Gasteiger partial charge in [0.15, 0.2) is 0 Å². The van der Waals surface area contributed by atoms with Gasteiger partial charge in [-0.3, -0.25) is 0 Å². The van der Waals surface area contributed by atoms with Gasteiger partial charge in [0.05, 0.1) is 5.75 Å². The molecule has 0 heterocycles. The average Bonchev–Trinajstić information content (AvgIpc) is 2.52. The Morgan fingerprint density at radius 1 is 0.920 bits per heavy atom. The topological polar surface area (TPSA) is 64.6 Å². The minimum Gasteiger partial charge on any atom is -0.492 e. The average molecular weight is 367 g/mol. The molecule has 0 aliphatic heterocycles. The fourth-order valence-corrected chi connectivity index (χ4v) is 3.10. The van der Waals surface area contributed by atoms with Crippen LogP contribution in [0.4, 0.5) is 4.39 Å². The second-order valence-electron chi connectivity index (χ2n) is 5.69. The van der Waals surface area contributed by atoms with Crippen molar-refractivity contribution in [3.63, 3.8) is 0 Å². The van der Waals surface area contributed by atoms with Crippen molar-refractivity contribution in [3.8, 4) is 11.5 Å². The quantitative estimate of drug-likeness (QED) is 0.692. The van der Waals surface area contributed by atoms with E-state index in [4.69, 9.17) is 9.47 Å². The minimum absolute atomic E-state index is 0.0150. The van der Waals surface area contributed by atoms with Crippen molar-refractivity contribution in [1.29, 1.82) is 0 Å². The summed E-state index contributed by atoms with van der Waals surface area (Å²) in [5.74, 6) is 0.588. The highest BCUT2D eigenvalue weighted by molar-refractivity contribution is 7.89. The SMILES string of the molecule is Cc1cc(C)cc(OCCNS(=O)(=O)CCOc2ccc(F)cc2)c1. The van der Waals surface area contributed by atoms with E-state index in [1.54, 1.807) is 0 Å². The maximum absolute atomic E-state index is 12.8. The summed E-state index contributed by atoms with van der Waals surface area (Å²) in [7, 11) is -3.46. The van der Waals surface area contributed by atoms with Gasteiger partial charge in [0, 0.05) is 6.54 Å². The lowest BCUT2D eigenvalue weighted by Gasteiger charge is -2.10. The van der Waals surface area contributed by atoms with Crippen LogP contribution in [0.15, 0.2) is 42.5 Å². The number of rotatable bonds is 9. The van der Waals surface area contributed by atoms with Gasteiger partial charge < -0.3 is 9.47 Å². The molecule has 0 unspecified atom stereocenters. The number of ether oxygens (including phenoxy) is 2. The molecule has 5 nitrogen and oxygen atoms in total. The Morgan fingerprint density at radius 3 is 2.16 bits per heavy atom. The Balaban J connectivity index is 1.69. The van der Waals surface area contributed by atoms with Gasteiger partial charge in [-0.05, 0) is 61.4 Å². The Hall–Kier alpha value is -2.12. The first-order valence-electron chi connectivity index (χ1n) is 7.91. The smallest absolute Gasteiger partial charge is 0.215 e. The normalized spacial score (nSPS) is 11.3. The third-order valence-corrected chi connectivity index (χ3v) is 4.67. The summed E-state index contributed by atoms with van der Waals surface area (Å²) in [6.45, 7) is 4.35. The monoisotopic (exact) mass is 367 g/mol. The van der Waals surface area contributed by atoms with Gasteiger partial charge in [0.25, 0.3) is 0 Å². The Morgan fingerprint density at radius 2 is 1.52 bits per heavy atom. The summed E-state index contributed by atoms with van der Waals surface area (Å²) in [5, 5.41) is 0. The first-order chi connectivity index (χ1) is 11.8. The Bertz CT molecular complexity index is 771. The highest BCUT2D eigenvalue weighted by Crippen LogP contribution is 2.15. The highest BCUT2D eigenvalue weighted by Gasteiger charge is 2.10. The van der Waals surface area contributed by atoms with Crippen molar-refractivity contribution >= 4 is 10.0 Å². The molecule has 2 aromatic rings. The number of nitrogens with one attached hydrogen (secondary N) is 1. The molecule has 0 amide bonds. The second kappa shape index (κ2) is 8.82. The standard InChI is InChI=1S/C18H22FNO4S/c1-14-11-15(2)13-18(12-14)23-8-7-20-25(21,22)10-9-24-17-5-3-16(19)4-6-17/h3-6,11-13,20H,7-10H2,1-2H3. The van der Waals surface area contributed by atoms with Crippen LogP contribution in [0.5, 0.6) is 11.5 Å². The van der Waals surface area contributed by atoms with E-state index in [-0.39, 0.29) is 31.3 Å². The molecule has 0 bridgehead atoms. The second-order valence-corrected chi connectivity index (χ2v) is 7.61. The molecule has 2 rings (SSSR count). The summed E-state index contributed by atoms with van der Waals surface area (Å²) >= 11 is 0. The lowest BCUT2D eigenvalue weighted by Crippen LogP contribution is -2.32. The van der Waals surface area contributed by atoms with E-state index in [0.717, 1.165) is 16.9 Å². The number of hydrogen-bond acceptors (Lipinski definition) is 4. The molecule has 0 fully saturated rings. The molecule has 7 heteroatoms. The first kappa shape index (κ1) is 19.2. The van der Waals surface area contributed by atoms with E-state index in [1.165, 1.54) is 24.3 Å². The molecule has 136 valence electrons. The van der Waals surface area contributed by atoms with Crippen molar-refractivity contribution in [2.45, 2.75) is 13.8 Å². The summed E-state index contributed by atoms with van der Waals surface area (Å²) in [6.07, 6.45) is 0. The van der Waals surface area contributed by atoms with E-state index < -0.39 is 10.0 Å². The first-order valence-corrected chi connectivity index (χ1v) is 9.56. The van der Waals surface area contributed by atoms with Gasteiger partial charge in [-0.25, -0.2) is 17.5 Å². The van der Waals surface area contributed by atoms with E-state index in [1.807, 2.05) is 32.0 Å². The summed E-state index contributed by atoms with van der Waals surface area (Å²) in [5.41, 5.74) is 2.18. The minimum atomic E-state index is -3.46. The molecule has 0 saturated heterocycles. The number of sulfonamides is 1. The number of aryl methyl sites for hydroxylation is 2. The molecular formula is C18H22FNO4S. The largest absolute Gasteiger partial charge is 0.492 e. The fourth-order valence-electron chi connectivity index (χ4n) is 2.25. The van der Waals surface area contributed by atoms with Crippen molar-refractivity contribution < 1.29 is 22.3 Å². The van der Waals surface area contributed by atoms with Gasteiger partial charge in [0.1, 0.15) is 30.5 Å². The van der Waals surface area contributed by atoms with Crippen LogP contribution in [0, 0.1) is 19.7 Å². The molecule has 0 spiro atoms.